The summed E-state index contributed by atoms with van der Waals surface area (Å²) in [5, 5.41) is 4.61. The highest BCUT2D eigenvalue weighted by atomic mass is 32.1. The Morgan fingerprint density at radius 1 is 1.31 bits per heavy atom. The Morgan fingerprint density at radius 3 is 2.96 bits per heavy atom. The molecule has 0 aromatic carbocycles. The van der Waals surface area contributed by atoms with Gasteiger partial charge in [0.05, 0.1) is 17.1 Å². The van der Waals surface area contributed by atoms with Gasteiger partial charge in [-0.25, -0.2) is 9.97 Å². The summed E-state index contributed by atoms with van der Waals surface area (Å²) in [6, 6.07) is 7.62. The minimum atomic E-state index is -0.482. The predicted octanol–water partition coefficient (Wildman–Crippen LogP) is 2.38. The van der Waals surface area contributed by atoms with E-state index in [4.69, 9.17) is 0 Å². The molecule has 0 atom stereocenters. The lowest BCUT2D eigenvalue weighted by Gasteiger charge is -2.03. The lowest BCUT2D eigenvalue weighted by Crippen LogP contribution is -2.29. The number of rotatable bonds is 4. The molecule has 4 aromatic heterocycles. The molecule has 8 heteroatoms. The molecule has 7 nitrogen and oxygen atoms in total. The maximum atomic E-state index is 12.3. The van der Waals surface area contributed by atoms with Crippen molar-refractivity contribution >= 4 is 22.9 Å². The fourth-order valence-corrected chi connectivity index (χ4v) is 3.28. The molecule has 4 aromatic rings. The van der Waals surface area contributed by atoms with Crippen molar-refractivity contribution in [3.8, 4) is 10.7 Å². The molecule has 0 aliphatic heterocycles. The summed E-state index contributed by atoms with van der Waals surface area (Å²) in [6.45, 7) is 2.23. The van der Waals surface area contributed by atoms with E-state index in [1.54, 1.807) is 0 Å². The van der Waals surface area contributed by atoms with Crippen LogP contribution in [0.5, 0.6) is 0 Å². The van der Waals surface area contributed by atoms with Crippen molar-refractivity contribution in [1.82, 2.24) is 24.7 Å². The van der Waals surface area contributed by atoms with E-state index < -0.39 is 11.5 Å². The molecule has 130 valence electrons. The number of H-pyrrole nitrogens is 1. The van der Waals surface area contributed by atoms with Gasteiger partial charge in [-0.3, -0.25) is 9.59 Å². The van der Waals surface area contributed by atoms with Crippen LogP contribution >= 0.6 is 11.3 Å². The van der Waals surface area contributed by atoms with Gasteiger partial charge in [0.25, 0.3) is 11.5 Å². The van der Waals surface area contributed by atoms with Crippen LogP contribution in [0, 0.1) is 6.92 Å². The van der Waals surface area contributed by atoms with Gasteiger partial charge in [-0.05, 0) is 30.0 Å². The zero-order valence-corrected chi connectivity index (χ0v) is 14.7. The third-order valence-corrected chi connectivity index (χ3v) is 4.75. The molecular weight excluding hydrogens is 350 g/mol. The summed E-state index contributed by atoms with van der Waals surface area (Å²) in [4.78, 5) is 36.6. The maximum Gasteiger partial charge on any atom is 0.264 e. The van der Waals surface area contributed by atoms with E-state index in [9.17, 15) is 9.59 Å². The van der Waals surface area contributed by atoms with Gasteiger partial charge in [0, 0.05) is 18.6 Å². The number of pyridine rings is 1. The third kappa shape index (κ3) is 3.14. The number of hydrogen-bond acceptors (Lipinski definition) is 5. The molecule has 0 fully saturated rings. The standard InChI is InChI=1S/C18H15N5O2S/c1-11-4-5-15-21-12(10-23(15)9-11)7-20-17(24)13-8-19-16(22-18(13)25)14-3-2-6-26-14/h2-6,8-10H,7H2,1H3,(H,20,24)(H,19,22,25). The predicted molar refractivity (Wildman–Crippen MR) is 99.3 cm³/mol. The van der Waals surface area contributed by atoms with E-state index >= 15 is 0 Å². The first kappa shape index (κ1) is 16.2. The number of carbonyl (C=O) groups excluding carboxylic acids is 1. The quantitative estimate of drug-likeness (QED) is 0.581. The van der Waals surface area contributed by atoms with Gasteiger partial charge < -0.3 is 14.7 Å². The summed E-state index contributed by atoms with van der Waals surface area (Å²) in [5.41, 5.74) is 2.15. The van der Waals surface area contributed by atoms with E-state index in [0.29, 0.717) is 11.5 Å². The summed E-state index contributed by atoms with van der Waals surface area (Å²) < 4.78 is 1.90. The highest BCUT2D eigenvalue weighted by Crippen LogP contribution is 2.19. The highest BCUT2D eigenvalue weighted by Gasteiger charge is 2.13. The Bertz CT molecular complexity index is 1140. The van der Waals surface area contributed by atoms with Gasteiger partial charge in [0.1, 0.15) is 17.0 Å². The molecule has 4 heterocycles. The number of aromatic nitrogens is 4. The number of nitrogens with one attached hydrogen (secondary N) is 2. The van der Waals surface area contributed by atoms with E-state index in [2.05, 4.69) is 20.3 Å². The van der Waals surface area contributed by atoms with E-state index in [1.165, 1.54) is 17.5 Å². The summed E-state index contributed by atoms with van der Waals surface area (Å²) in [5.74, 6) is -0.0259. The van der Waals surface area contributed by atoms with Crippen LogP contribution in [-0.4, -0.2) is 25.3 Å². The lowest BCUT2D eigenvalue weighted by molar-refractivity contribution is 0.0948. The van der Waals surface area contributed by atoms with Gasteiger partial charge in [-0.2, -0.15) is 0 Å². The van der Waals surface area contributed by atoms with Crippen molar-refractivity contribution in [2.75, 3.05) is 0 Å². The topological polar surface area (TPSA) is 92.2 Å². The fraction of sp³-hybridized carbons (Fsp3) is 0.111. The molecule has 0 bridgehead atoms. The number of thiophene rings is 1. The molecule has 0 aliphatic carbocycles. The van der Waals surface area contributed by atoms with Crippen LogP contribution in [0.4, 0.5) is 0 Å². The number of nitrogens with zero attached hydrogens (tertiary/aromatic N) is 3. The minimum absolute atomic E-state index is 0.0232. The van der Waals surface area contributed by atoms with E-state index in [-0.39, 0.29) is 12.1 Å². The molecule has 0 spiro atoms. The molecule has 0 unspecified atom stereocenters. The Kier molecular flexibility index (Phi) is 4.10. The van der Waals surface area contributed by atoms with Gasteiger partial charge >= 0.3 is 0 Å². The molecule has 4 rings (SSSR count). The lowest BCUT2D eigenvalue weighted by atomic mass is 10.3. The molecule has 2 N–H and O–H groups in total. The molecule has 0 radical (unpaired) electrons. The van der Waals surface area contributed by atoms with Crippen molar-refractivity contribution in [2.45, 2.75) is 13.5 Å². The maximum absolute atomic E-state index is 12.3. The van der Waals surface area contributed by atoms with Crippen LogP contribution in [0.25, 0.3) is 16.3 Å². The average Bonchev–Trinajstić information content (AvgIpc) is 3.28. The Morgan fingerprint density at radius 2 is 2.19 bits per heavy atom. The monoisotopic (exact) mass is 365 g/mol. The fourth-order valence-electron chi connectivity index (χ4n) is 2.60. The zero-order valence-electron chi connectivity index (χ0n) is 13.9. The van der Waals surface area contributed by atoms with Crippen LogP contribution in [0.15, 0.2) is 53.0 Å². The van der Waals surface area contributed by atoms with Crippen molar-refractivity contribution in [3.63, 3.8) is 0 Å². The largest absolute Gasteiger partial charge is 0.346 e. The molecule has 26 heavy (non-hydrogen) atoms. The Labute approximate surface area is 152 Å². The highest BCUT2D eigenvalue weighted by molar-refractivity contribution is 7.13. The normalized spacial score (nSPS) is 11.0. The molecule has 0 aliphatic rings. The van der Waals surface area contributed by atoms with Crippen molar-refractivity contribution < 1.29 is 4.79 Å². The SMILES string of the molecule is Cc1ccc2nc(CNC(=O)c3cnc(-c4cccs4)[nH]c3=O)cn2c1. The second-order valence-electron chi connectivity index (χ2n) is 5.84. The van der Waals surface area contributed by atoms with Crippen LogP contribution in [0.2, 0.25) is 0 Å². The summed E-state index contributed by atoms with van der Waals surface area (Å²) in [7, 11) is 0. The number of aryl methyl sites for hydroxylation is 1. The van der Waals surface area contributed by atoms with Crippen LogP contribution in [0.1, 0.15) is 21.6 Å². The Balaban J connectivity index is 1.50. The average molecular weight is 365 g/mol. The zero-order chi connectivity index (χ0) is 18.1. The number of carbonyl (C=O) groups is 1. The second kappa shape index (κ2) is 6.57. The first-order chi connectivity index (χ1) is 12.6. The van der Waals surface area contributed by atoms with Crippen LogP contribution in [0.3, 0.4) is 0 Å². The molecular formula is C18H15N5O2S. The molecule has 1 amide bonds. The molecule has 0 saturated heterocycles. The number of imidazole rings is 1. The second-order valence-corrected chi connectivity index (χ2v) is 6.79. The first-order valence-corrected chi connectivity index (χ1v) is 8.84. The summed E-state index contributed by atoms with van der Waals surface area (Å²) in [6.07, 6.45) is 5.12. The minimum Gasteiger partial charge on any atom is -0.346 e. The number of amides is 1. The molecule has 0 saturated carbocycles. The van der Waals surface area contributed by atoms with Crippen LogP contribution in [-0.2, 0) is 6.54 Å². The van der Waals surface area contributed by atoms with E-state index in [0.717, 1.165) is 16.1 Å². The van der Waals surface area contributed by atoms with Crippen molar-refractivity contribution in [2.24, 2.45) is 0 Å². The van der Waals surface area contributed by atoms with Gasteiger partial charge in [-0.15, -0.1) is 11.3 Å². The van der Waals surface area contributed by atoms with Gasteiger partial charge in [0.2, 0.25) is 0 Å². The Hall–Kier alpha value is -3.26. The van der Waals surface area contributed by atoms with Crippen LogP contribution < -0.4 is 10.9 Å². The van der Waals surface area contributed by atoms with Gasteiger partial charge in [-0.1, -0.05) is 12.1 Å². The van der Waals surface area contributed by atoms with E-state index in [1.807, 2.05) is 53.4 Å². The first-order valence-electron chi connectivity index (χ1n) is 7.96. The number of fused-ring (bicyclic) bond motifs is 1. The smallest absolute Gasteiger partial charge is 0.264 e. The number of aromatic amines is 1. The number of hydrogen-bond donors (Lipinski definition) is 2. The van der Waals surface area contributed by atoms with Crippen molar-refractivity contribution in [3.05, 3.63) is 75.4 Å². The van der Waals surface area contributed by atoms with Gasteiger partial charge in [0.15, 0.2) is 0 Å². The van der Waals surface area contributed by atoms with Crippen molar-refractivity contribution in [1.29, 1.82) is 0 Å². The summed E-state index contributed by atoms with van der Waals surface area (Å²) >= 11 is 1.47. The third-order valence-electron chi connectivity index (χ3n) is 3.88.